The molecule has 0 spiro atoms. The summed E-state index contributed by atoms with van der Waals surface area (Å²) in [6.07, 6.45) is -2.64. The van der Waals surface area contributed by atoms with Crippen molar-refractivity contribution < 1.29 is 17.7 Å². The van der Waals surface area contributed by atoms with Gasteiger partial charge in [0.1, 0.15) is 0 Å². The molecule has 1 aliphatic carbocycles. The lowest BCUT2D eigenvalue weighted by atomic mass is 10.4. The van der Waals surface area contributed by atoms with E-state index in [1.807, 2.05) is 0 Å². The Bertz CT molecular complexity index is 738. The molecule has 10 heteroatoms. The number of aromatic amines is 1. The largest absolute Gasteiger partial charge is 0.433 e. The number of nitrogens with one attached hydrogen (secondary N) is 1. The van der Waals surface area contributed by atoms with Crippen LogP contribution in [0.5, 0.6) is 0 Å². The fraction of sp³-hybridized carbons (Fsp3) is 0.500. The zero-order chi connectivity index (χ0) is 15.9. The molecule has 1 atom stereocenters. The molecule has 0 saturated heterocycles. The van der Waals surface area contributed by atoms with E-state index in [2.05, 4.69) is 20.1 Å². The van der Waals surface area contributed by atoms with Crippen LogP contribution in [0.25, 0.3) is 0 Å². The molecule has 0 amide bonds. The number of hydrogen-bond donors (Lipinski definition) is 1. The zero-order valence-electron chi connectivity index (χ0n) is 11.3. The normalized spacial score (nSPS) is 16.7. The molecule has 1 fully saturated rings. The SMILES string of the molecule is C[C@H](Sc1nc(C(F)(F)F)cc(=O)[nH]1)c1nc(C2CC2)no1. The second-order valence-corrected chi connectivity index (χ2v) is 6.29. The van der Waals surface area contributed by atoms with Crippen LogP contribution in [0.15, 0.2) is 20.5 Å². The van der Waals surface area contributed by atoms with Crippen molar-refractivity contribution in [3.63, 3.8) is 0 Å². The van der Waals surface area contributed by atoms with E-state index in [0.29, 0.717) is 23.7 Å². The summed E-state index contributed by atoms with van der Waals surface area (Å²) >= 11 is 0.924. The van der Waals surface area contributed by atoms with E-state index in [0.717, 1.165) is 24.6 Å². The van der Waals surface area contributed by atoms with Gasteiger partial charge in [0.15, 0.2) is 16.7 Å². The lowest BCUT2D eigenvalue weighted by molar-refractivity contribution is -0.141. The molecule has 0 radical (unpaired) electrons. The van der Waals surface area contributed by atoms with Gasteiger partial charge >= 0.3 is 6.18 Å². The highest BCUT2D eigenvalue weighted by atomic mass is 32.2. The minimum atomic E-state index is -4.67. The monoisotopic (exact) mass is 332 g/mol. The number of hydrogen-bond acceptors (Lipinski definition) is 6. The maximum atomic E-state index is 12.6. The van der Waals surface area contributed by atoms with Gasteiger partial charge in [-0.25, -0.2) is 4.98 Å². The van der Waals surface area contributed by atoms with Crippen LogP contribution in [0.2, 0.25) is 0 Å². The molecule has 0 aliphatic heterocycles. The van der Waals surface area contributed by atoms with Crippen molar-refractivity contribution in [2.24, 2.45) is 0 Å². The van der Waals surface area contributed by atoms with Crippen LogP contribution in [0.4, 0.5) is 13.2 Å². The van der Waals surface area contributed by atoms with Crippen LogP contribution in [0, 0.1) is 0 Å². The first-order valence-electron chi connectivity index (χ1n) is 6.51. The van der Waals surface area contributed by atoms with Crippen molar-refractivity contribution in [2.75, 3.05) is 0 Å². The summed E-state index contributed by atoms with van der Waals surface area (Å²) in [6, 6.07) is 0.423. The van der Waals surface area contributed by atoms with E-state index in [9.17, 15) is 18.0 Å². The van der Waals surface area contributed by atoms with Crippen LogP contribution < -0.4 is 5.56 Å². The second-order valence-electron chi connectivity index (χ2n) is 4.96. The molecule has 1 aliphatic rings. The third-order valence-electron chi connectivity index (χ3n) is 3.05. The Morgan fingerprint density at radius 1 is 1.41 bits per heavy atom. The molecule has 0 bridgehead atoms. The third-order valence-corrected chi connectivity index (χ3v) is 4.02. The predicted molar refractivity (Wildman–Crippen MR) is 70.4 cm³/mol. The summed E-state index contributed by atoms with van der Waals surface area (Å²) in [6.45, 7) is 1.69. The Hall–Kier alpha value is -1.84. The molecule has 3 rings (SSSR count). The first kappa shape index (κ1) is 15.1. The highest BCUT2D eigenvalue weighted by Crippen LogP contribution is 2.40. The number of nitrogens with zero attached hydrogens (tertiary/aromatic N) is 3. The van der Waals surface area contributed by atoms with Gasteiger partial charge < -0.3 is 9.51 Å². The standard InChI is InChI=1S/C12H11F3N4O2S/c1-5(10-18-9(19-21-10)6-2-3-6)22-11-16-7(12(13,14)15)4-8(20)17-11/h4-6H,2-3H2,1H3,(H,16,17,20)/t5-/m0/s1. The van der Waals surface area contributed by atoms with Gasteiger partial charge in [-0.2, -0.15) is 18.2 Å². The fourth-order valence-corrected chi connectivity index (χ4v) is 2.62. The number of rotatable bonds is 4. The van der Waals surface area contributed by atoms with E-state index in [4.69, 9.17) is 4.52 Å². The molecule has 2 heterocycles. The Morgan fingerprint density at radius 3 is 2.77 bits per heavy atom. The van der Waals surface area contributed by atoms with Crippen molar-refractivity contribution in [3.8, 4) is 0 Å². The van der Waals surface area contributed by atoms with Gasteiger partial charge in [-0.1, -0.05) is 16.9 Å². The average molecular weight is 332 g/mol. The van der Waals surface area contributed by atoms with Crippen LogP contribution in [-0.2, 0) is 6.18 Å². The first-order valence-corrected chi connectivity index (χ1v) is 7.39. The van der Waals surface area contributed by atoms with Gasteiger partial charge in [-0.05, 0) is 19.8 Å². The summed E-state index contributed by atoms with van der Waals surface area (Å²) in [7, 11) is 0. The van der Waals surface area contributed by atoms with E-state index >= 15 is 0 Å². The number of alkyl halides is 3. The molecular weight excluding hydrogens is 321 g/mol. The maximum absolute atomic E-state index is 12.6. The van der Waals surface area contributed by atoms with Gasteiger partial charge in [0.2, 0.25) is 5.89 Å². The van der Waals surface area contributed by atoms with E-state index in [-0.39, 0.29) is 5.16 Å². The molecule has 0 aromatic carbocycles. The molecular formula is C12H11F3N4O2S. The van der Waals surface area contributed by atoms with Crippen LogP contribution >= 0.6 is 11.8 Å². The minimum absolute atomic E-state index is 0.140. The molecule has 0 unspecified atom stereocenters. The lowest BCUT2D eigenvalue weighted by Gasteiger charge is -2.08. The fourth-order valence-electron chi connectivity index (χ4n) is 1.77. The Morgan fingerprint density at radius 2 is 2.14 bits per heavy atom. The van der Waals surface area contributed by atoms with Crippen molar-refractivity contribution in [1.82, 2.24) is 20.1 Å². The minimum Gasteiger partial charge on any atom is -0.338 e. The van der Waals surface area contributed by atoms with Gasteiger partial charge in [-0.15, -0.1) is 0 Å². The second kappa shape index (κ2) is 5.41. The van der Waals surface area contributed by atoms with Crippen LogP contribution in [0.1, 0.15) is 48.3 Å². The summed E-state index contributed by atoms with van der Waals surface area (Å²) < 4.78 is 43.0. The number of thioether (sulfide) groups is 1. The number of H-pyrrole nitrogens is 1. The number of aromatic nitrogens is 4. The summed E-state index contributed by atoms with van der Waals surface area (Å²) in [5, 5.41) is 3.28. The van der Waals surface area contributed by atoms with Crippen molar-refractivity contribution in [2.45, 2.75) is 42.3 Å². The third kappa shape index (κ3) is 3.32. The van der Waals surface area contributed by atoms with Gasteiger partial charge in [0.05, 0.1) is 5.25 Å². The highest BCUT2D eigenvalue weighted by molar-refractivity contribution is 7.99. The summed E-state index contributed by atoms with van der Waals surface area (Å²) in [5.41, 5.74) is -2.09. The quantitative estimate of drug-likeness (QED) is 0.684. The topological polar surface area (TPSA) is 84.7 Å². The van der Waals surface area contributed by atoms with Gasteiger partial charge in [-0.3, -0.25) is 4.79 Å². The van der Waals surface area contributed by atoms with Crippen LogP contribution in [0.3, 0.4) is 0 Å². The molecule has 2 aromatic heterocycles. The van der Waals surface area contributed by atoms with Crippen molar-refractivity contribution in [3.05, 3.63) is 33.8 Å². The van der Waals surface area contributed by atoms with Gasteiger partial charge in [0, 0.05) is 12.0 Å². The smallest absolute Gasteiger partial charge is 0.338 e. The summed E-state index contributed by atoms with van der Waals surface area (Å²) in [5.74, 6) is 1.24. The first-order chi connectivity index (χ1) is 10.3. The van der Waals surface area contributed by atoms with Gasteiger partial charge in [0.25, 0.3) is 5.56 Å². The average Bonchev–Trinajstić information content (AvgIpc) is 3.14. The highest BCUT2D eigenvalue weighted by Gasteiger charge is 2.34. The lowest BCUT2D eigenvalue weighted by Crippen LogP contribution is -2.17. The zero-order valence-corrected chi connectivity index (χ0v) is 12.2. The van der Waals surface area contributed by atoms with Crippen LogP contribution in [-0.4, -0.2) is 20.1 Å². The Labute approximate surface area is 126 Å². The molecule has 6 nitrogen and oxygen atoms in total. The Kier molecular flexibility index (Phi) is 3.71. The predicted octanol–water partition coefficient (Wildman–Crippen LogP) is 2.90. The van der Waals surface area contributed by atoms with E-state index in [1.54, 1.807) is 6.92 Å². The molecule has 118 valence electrons. The number of halogens is 3. The van der Waals surface area contributed by atoms with Crippen molar-refractivity contribution >= 4 is 11.8 Å². The van der Waals surface area contributed by atoms with E-state index in [1.165, 1.54) is 0 Å². The molecule has 22 heavy (non-hydrogen) atoms. The molecule has 1 saturated carbocycles. The molecule has 1 N–H and O–H groups in total. The van der Waals surface area contributed by atoms with Crippen molar-refractivity contribution in [1.29, 1.82) is 0 Å². The molecule has 2 aromatic rings. The summed E-state index contributed by atoms with van der Waals surface area (Å²) in [4.78, 5) is 21.2. The maximum Gasteiger partial charge on any atom is 0.433 e. The Balaban J connectivity index is 1.79. The van der Waals surface area contributed by atoms with E-state index < -0.39 is 22.7 Å².